The van der Waals surface area contributed by atoms with Crippen molar-refractivity contribution in [2.45, 2.75) is 24.7 Å². The van der Waals surface area contributed by atoms with E-state index >= 15 is 0 Å². The van der Waals surface area contributed by atoms with E-state index in [-0.39, 0.29) is 10.8 Å². The van der Waals surface area contributed by atoms with Gasteiger partial charge in [0.1, 0.15) is 0 Å². The quantitative estimate of drug-likeness (QED) is 0.216. The molecule has 0 amide bonds. The van der Waals surface area contributed by atoms with Crippen LogP contribution in [-0.2, 0) is 10.8 Å². The van der Waals surface area contributed by atoms with Crippen LogP contribution in [0.15, 0.2) is 140 Å². The highest BCUT2D eigenvalue weighted by Crippen LogP contribution is 2.62. The minimum atomic E-state index is -0.382. The summed E-state index contributed by atoms with van der Waals surface area (Å²) in [6.07, 6.45) is 0. The molecule has 8 rings (SSSR count). The lowest BCUT2D eigenvalue weighted by atomic mass is 9.55. The van der Waals surface area contributed by atoms with Gasteiger partial charge in [-0.2, -0.15) is 5.26 Å². The van der Waals surface area contributed by atoms with Gasteiger partial charge < -0.3 is 0 Å². The lowest BCUT2D eigenvalue weighted by Crippen LogP contribution is -2.40. The van der Waals surface area contributed by atoms with E-state index in [1.54, 1.807) is 0 Å². The summed E-state index contributed by atoms with van der Waals surface area (Å²) in [6, 6.07) is 53.0. The molecule has 0 N–H and O–H groups in total. The van der Waals surface area contributed by atoms with Gasteiger partial charge in [-0.15, -0.1) is 0 Å². The molecule has 0 atom stereocenters. The van der Waals surface area contributed by atoms with Crippen LogP contribution in [0.1, 0.15) is 52.8 Å². The van der Waals surface area contributed by atoms with Gasteiger partial charge in [0.15, 0.2) is 0 Å². The predicted octanol–water partition coefficient (Wildman–Crippen LogP) is 9.89. The van der Waals surface area contributed by atoms with E-state index < -0.39 is 0 Å². The van der Waals surface area contributed by atoms with E-state index in [1.165, 1.54) is 55.6 Å². The van der Waals surface area contributed by atoms with Gasteiger partial charge in [-0.3, -0.25) is 0 Å². The van der Waals surface area contributed by atoms with E-state index in [0.717, 1.165) is 11.1 Å². The molecule has 0 saturated carbocycles. The summed E-state index contributed by atoms with van der Waals surface area (Å²) in [4.78, 5) is 0. The van der Waals surface area contributed by atoms with Crippen LogP contribution < -0.4 is 0 Å². The maximum Gasteiger partial charge on any atom is 0.0991 e. The van der Waals surface area contributed by atoms with Crippen molar-refractivity contribution in [1.29, 1.82) is 5.26 Å². The molecule has 2 aliphatic rings. The number of rotatable bonds is 2. The Kier molecular flexibility index (Phi) is 5.21. The van der Waals surface area contributed by atoms with Gasteiger partial charge >= 0.3 is 0 Å². The van der Waals surface area contributed by atoms with Crippen LogP contribution in [0.4, 0.5) is 0 Å². The standard InChI is InChI=1S/C41H29N/c1-40(2)36-13-7-8-14-38(36)41(34-11-5-3-9-32(34)33-10-4-6-12-35(33)41)39-25-31(23-24-37(39)40)30-21-19-29(20-22-30)28-17-15-27(26-42)16-18-28/h3-25H,1-2H3. The highest BCUT2D eigenvalue weighted by atomic mass is 14.5. The van der Waals surface area contributed by atoms with Crippen LogP contribution in [0.25, 0.3) is 33.4 Å². The fourth-order valence-electron chi connectivity index (χ4n) is 7.63. The molecule has 2 aliphatic carbocycles. The first-order chi connectivity index (χ1) is 20.5. The monoisotopic (exact) mass is 535 g/mol. The van der Waals surface area contributed by atoms with Crippen molar-refractivity contribution >= 4 is 0 Å². The zero-order chi connectivity index (χ0) is 28.5. The molecule has 0 saturated heterocycles. The smallest absolute Gasteiger partial charge is 0.0991 e. The Morgan fingerprint density at radius 3 is 1.43 bits per heavy atom. The predicted molar refractivity (Wildman–Crippen MR) is 171 cm³/mol. The van der Waals surface area contributed by atoms with Crippen molar-refractivity contribution in [3.8, 4) is 39.4 Å². The van der Waals surface area contributed by atoms with E-state index in [0.29, 0.717) is 5.56 Å². The normalized spacial score (nSPS) is 14.8. The molecule has 0 aliphatic heterocycles. The van der Waals surface area contributed by atoms with Crippen LogP contribution in [0.2, 0.25) is 0 Å². The average Bonchev–Trinajstić information content (AvgIpc) is 3.35. The molecule has 0 heterocycles. The third-order valence-electron chi connectivity index (χ3n) is 9.62. The van der Waals surface area contributed by atoms with Gasteiger partial charge in [0.05, 0.1) is 17.0 Å². The molecule has 0 aromatic heterocycles. The van der Waals surface area contributed by atoms with E-state index in [4.69, 9.17) is 5.26 Å². The topological polar surface area (TPSA) is 23.8 Å². The minimum Gasteiger partial charge on any atom is -0.192 e. The summed E-state index contributed by atoms with van der Waals surface area (Å²) in [7, 11) is 0. The Morgan fingerprint density at radius 1 is 0.429 bits per heavy atom. The van der Waals surface area contributed by atoms with Gasteiger partial charge in [0.2, 0.25) is 0 Å². The molecule has 0 fully saturated rings. The Bertz CT molecular complexity index is 2010. The maximum absolute atomic E-state index is 9.17. The first-order valence-corrected chi connectivity index (χ1v) is 14.6. The highest BCUT2D eigenvalue weighted by molar-refractivity contribution is 5.89. The fraction of sp³-hybridized carbons (Fsp3) is 0.0976. The third kappa shape index (κ3) is 3.24. The summed E-state index contributed by atoms with van der Waals surface area (Å²) in [6.45, 7) is 4.74. The van der Waals surface area contributed by atoms with Gasteiger partial charge in [-0.1, -0.05) is 135 Å². The van der Waals surface area contributed by atoms with E-state index in [2.05, 4.69) is 135 Å². The summed E-state index contributed by atoms with van der Waals surface area (Å²) in [5, 5.41) is 9.17. The lowest BCUT2D eigenvalue weighted by Gasteiger charge is -2.46. The zero-order valence-electron chi connectivity index (χ0n) is 23.7. The SMILES string of the molecule is CC1(C)c2ccccc2C2(c3ccccc3-c3ccccc32)c2cc(-c3ccc(-c4ccc(C#N)cc4)cc3)ccc21. The summed E-state index contributed by atoms with van der Waals surface area (Å²) in [5.41, 5.74) is 15.7. The van der Waals surface area contributed by atoms with Crippen LogP contribution in [0.3, 0.4) is 0 Å². The molecule has 1 nitrogen and oxygen atoms in total. The Labute approximate surface area is 247 Å². The number of nitriles is 1. The summed E-state index contributed by atoms with van der Waals surface area (Å²) in [5.74, 6) is 0. The van der Waals surface area contributed by atoms with E-state index in [9.17, 15) is 0 Å². The molecule has 198 valence electrons. The molecule has 6 aromatic carbocycles. The number of benzene rings is 6. The zero-order valence-corrected chi connectivity index (χ0v) is 23.7. The highest BCUT2D eigenvalue weighted by Gasteiger charge is 2.53. The van der Waals surface area contributed by atoms with Crippen molar-refractivity contribution in [2.24, 2.45) is 0 Å². The molecule has 1 heteroatoms. The first-order valence-electron chi connectivity index (χ1n) is 14.6. The van der Waals surface area contributed by atoms with Crippen LogP contribution in [0.5, 0.6) is 0 Å². The lowest BCUT2D eigenvalue weighted by molar-refractivity contribution is 0.563. The first kappa shape index (κ1) is 24.6. The van der Waals surface area contributed by atoms with Crippen molar-refractivity contribution in [3.63, 3.8) is 0 Å². The summed E-state index contributed by atoms with van der Waals surface area (Å²) >= 11 is 0. The van der Waals surface area contributed by atoms with Gasteiger partial charge in [-0.25, -0.2) is 0 Å². The number of hydrogen-bond donors (Lipinski definition) is 0. The summed E-state index contributed by atoms with van der Waals surface area (Å²) < 4.78 is 0. The molecule has 6 aromatic rings. The number of hydrogen-bond acceptors (Lipinski definition) is 1. The average molecular weight is 536 g/mol. The molecular weight excluding hydrogens is 506 g/mol. The van der Waals surface area contributed by atoms with E-state index in [1.807, 2.05) is 24.3 Å². The van der Waals surface area contributed by atoms with Gasteiger partial charge in [-0.05, 0) is 85.0 Å². The Balaban J connectivity index is 1.37. The van der Waals surface area contributed by atoms with Crippen LogP contribution in [-0.4, -0.2) is 0 Å². The van der Waals surface area contributed by atoms with Gasteiger partial charge in [0, 0.05) is 5.41 Å². The molecule has 42 heavy (non-hydrogen) atoms. The van der Waals surface area contributed by atoms with Crippen LogP contribution in [0, 0.1) is 11.3 Å². The molecule has 1 spiro atoms. The van der Waals surface area contributed by atoms with Gasteiger partial charge in [0.25, 0.3) is 0 Å². The fourth-order valence-corrected chi connectivity index (χ4v) is 7.63. The van der Waals surface area contributed by atoms with Crippen molar-refractivity contribution in [2.75, 3.05) is 0 Å². The van der Waals surface area contributed by atoms with Crippen molar-refractivity contribution in [1.82, 2.24) is 0 Å². The molecule has 0 radical (unpaired) electrons. The second-order valence-electron chi connectivity index (χ2n) is 12.0. The van der Waals surface area contributed by atoms with Crippen molar-refractivity contribution in [3.05, 3.63) is 178 Å². The number of nitrogens with zero attached hydrogens (tertiary/aromatic N) is 1. The molecule has 0 unspecified atom stereocenters. The van der Waals surface area contributed by atoms with Crippen molar-refractivity contribution < 1.29 is 0 Å². The molecular formula is C41H29N. The minimum absolute atomic E-state index is 0.137. The Hall–Kier alpha value is -5.19. The van der Waals surface area contributed by atoms with Crippen LogP contribution >= 0.6 is 0 Å². The Morgan fingerprint density at radius 2 is 0.857 bits per heavy atom. The molecule has 0 bridgehead atoms. The largest absolute Gasteiger partial charge is 0.192 e. The maximum atomic E-state index is 9.17. The second kappa shape index (κ2) is 8.90. The third-order valence-corrected chi connectivity index (χ3v) is 9.62. The second-order valence-corrected chi connectivity index (χ2v) is 12.0. The number of fused-ring (bicyclic) bond motifs is 9.